The second-order valence-corrected chi connectivity index (χ2v) is 5.60. The molecular weight excluding hydrogens is 350 g/mol. The van der Waals surface area contributed by atoms with Gasteiger partial charge >= 0.3 is 0 Å². The normalized spacial score (nSPS) is 12.5. The number of hydrogen-bond donors (Lipinski definition) is 3. The van der Waals surface area contributed by atoms with Crippen LogP contribution in [0.1, 0.15) is 20.3 Å². The SMILES string of the molecule is CC(C)N=C(N)/N=C(/N)NOCCCOc1ccc(Br)cc1. The molecule has 0 aliphatic rings. The minimum atomic E-state index is 0.0632. The monoisotopic (exact) mass is 371 g/mol. The first-order valence-corrected chi connectivity index (χ1v) is 7.70. The number of benzene rings is 1. The lowest BCUT2D eigenvalue weighted by atomic mass is 10.3. The van der Waals surface area contributed by atoms with E-state index >= 15 is 0 Å². The van der Waals surface area contributed by atoms with Gasteiger partial charge in [0.25, 0.3) is 0 Å². The molecule has 0 aromatic heterocycles. The molecule has 0 aliphatic carbocycles. The Labute approximate surface area is 138 Å². The number of nitrogens with two attached hydrogens (primary N) is 2. The summed E-state index contributed by atoms with van der Waals surface area (Å²) in [5, 5.41) is 0. The molecule has 22 heavy (non-hydrogen) atoms. The van der Waals surface area contributed by atoms with E-state index in [1.807, 2.05) is 38.1 Å². The summed E-state index contributed by atoms with van der Waals surface area (Å²) in [4.78, 5) is 13.0. The van der Waals surface area contributed by atoms with Crippen LogP contribution in [0.15, 0.2) is 38.7 Å². The van der Waals surface area contributed by atoms with Crippen LogP contribution < -0.4 is 21.7 Å². The van der Waals surface area contributed by atoms with Gasteiger partial charge in [0, 0.05) is 16.9 Å². The molecule has 0 radical (unpaired) electrons. The summed E-state index contributed by atoms with van der Waals surface area (Å²) in [7, 11) is 0. The lowest BCUT2D eigenvalue weighted by Gasteiger charge is -2.08. The summed E-state index contributed by atoms with van der Waals surface area (Å²) in [6.45, 7) is 4.76. The number of rotatable bonds is 7. The summed E-state index contributed by atoms with van der Waals surface area (Å²) in [5.74, 6) is 0.993. The fourth-order valence-corrected chi connectivity index (χ4v) is 1.68. The molecule has 7 nitrogen and oxygen atoms in total. The van der Waals surface area contributed by atoms with E-state index in [2.05, 4.69) is 31.4 Å². The molecular formula is C14H22BrN5O2. The number of guanidine groups is 2. The Hall–Kier alpha value is -1.80. The van der Waals surface area contributed by atoms with Crippen LogP contribution in [-0.2, 0) is 4.84 Å². The van der Waals surface area contributed by atoms with Crippen LogP contribution in [0.25, 0.3) is 0 Å². The molecule has 122 valence electrons. The van der Waals surface area contributed by atoms with Gasteiger partial charge in [0.2, 0.25) is 11.9 Å². The molecule has 5 N–H and O–H groups in total. The van der Waals surface area contributed by atoms with Crippen molar-refractivity contribution < 1.29 is 9.57 Å². The van der Waals surface area contributed by atoms with Crippen LogP contribution in [-0.4, -0.2) is 31.2 Å². The summed E-state index contributed by atoms with van der Waals surface area (Å²) in [5.41, 5.74) is 13.7. The number of aliphatic imine (C=N–C) groups is 2. The number of halogens is 1. The van der Waals surface area contributed by atoms with E-state index in [1.165, 1.54) is 0 Å². The standard InChI is InChI=1S/C14H22BrN5O2/c1-10(2)18-13(16)19-14(17)20-22-9-3-8-21-12-6-4-11(15)5-7-12/h4-7,10H,3,8-9H2,1-2H3,(H5,16,17,18,19,20). The van der Waals surface area contributed by atoms with E-state index in [9.17, 15) is 0 Å². The van der Waals surface area contributed by atoms with Gasteiger partial charge in [-0.3, -0.25) is 4.84 Å². The van der Waals surface area contributed by atoms with Crippen molar-refractivity contribution in [2.75, 3.05) is 13.2 Å². The Balaban J connectivity index is 2.15. The molecule has 1 aromatic carbocycles. The van der Waals surface area contributed by atoms with Crippen LogP contribution in [0.4, 0.5) is 0 Å². The first-order valence-electron chi connectivity index (χ1n) is 6.91. The highest BCUT2D eigenvalue weighted by atomic mass is 79.9. The maximum absolute atomic E-state index is 5.59. The second kappa shape index (κ2) is 10.0. The molecule has 0 spiro atoms. The van der Waals surface area contributed by atoms with Gasteiger partial charge in [0.05, 0.1) is 13.2 Å². The largest absolute Gasteiger partial charge is 0.494 e. The Morgan fingerprint density at radius 2 is 1.91 bits per heavy atom. The smallest absolute Gasteiger partial charge is 0.221 e. The average Bonchev–Trinajstić information content (AvgIpc) is 2.43. The van der Waals surface area contributed by atoms with Crippen LogP contribution in [0.5, 0.6) is 5.75 Å². The van der Waals surface area contributed by atoms with E-state index in [1.54, 1.807) is 0 Å². The minimum Gasteiger partial charge on any atom is -0.494 e. The van der Waals surface area contributed by atoms with Gasteiger partial charge in [-0.05, 0) is 38.1 Å². The van der Waals surface area contributed by atoms with E-state index in [0.717, 1.165) is 10.2 Å². The van der Waals surface area contributed by atoms with Gasteiger partial charge in [0.15, 0.2) is 0 Å². The fourth-order valence-electron chi connectivity index (χ4n) is 1.42. The van der Waals surface area contributed by atoms with E-state index in [0.29, 0.717) is 19.6 Å². The average molecular weight is 372 g/mol. The van der Waals surface area contributed by atoms with Crippen molar-refractivity contribution in [3.05, 3.63) is 28.7 Å². The molecule has 0 bridgehead atoms. The number of ether oxygens (including phenoxy) is 1. The third-order valence-corrected chi connectivity index (χ3v) is 2.80. The van der Waals surface area contributed by atoms with E-state index in [4.69, 9.17) is 21.0 Å². The van der Waals surface area contributed by atoms with E-state index < -0.39 is 0 Å². The molecule has 0 saturated heterocycles. The summed E-state index contributed by atoms with van der Waals surface area (Å²) in [6, 6.07) is 7.70. The van der Waals surface area contributed by atoms with E-state index in [-0.39, 0.29) is 18.0 Å². The molecule has 1 aromatic rings. The molecule has 0 fully saturated rings. The Kier molecular flexibility index (Phi) is 8.31. The fraction of sp³-hybridized carbons (Fsp3) is 0.429. The number of hydroxylamine groups is 1. The maximum Gasteiger partial charge on any atom is 0.221 e. The highest BCUT2D eigenvalue weighted by molar-refractivity contribution is 9.10. The van der Waals surface area contributed by atoms with Gasteiger partial charge < -0.3 is 16.2 Å². The van der Waals surface area contributed by atoms with Crippen molar-refractivity contribution in [3.8, 4) is 5.75 Å². The zero-order valence-corrected chi connectivity index (χ0v) is 14.3. The molecule has 0 heterocycles. The van der Waals surface area contributed by atoms with Gasteiger partial charge in [-0.25, -0.2) is 10.5 Å². The van der Waals surface area contributed by atoms with Gasteiger partial charge in [-0.15, -0.1) is 0 Å². The molecule has 0 unspecified atom stereocenters. The second-order valence-electron chi connectivity index (χ2n) is 4.68. The lowest BCUT2D eigenvalue weighted by molar-refractivity contribution is 0.0739. The van der Waals surface area contributed by atoms with Gasteiger partial charge in [-0.2, -0.15) is 4.99 Å². The molecule has 0 saturated carbocycles. The predicted octanol–water partition coefficient (Wildman–Crippen LogP) is 1.78. The highest BCUT2D eigenvalue weighted by Crippen LogP contribution is 2.15. The van der Waals surface area contributed by atoms with Crippen molar-refractivity contribution in [1.29, 1.82) is 0 Å². The van der Waals surface area contributed by atoms with Crippen molar-refractivity contribution >= 4 is 27.8 Å². The molecule has 0 aliphatic heterocycles. The van der Waals surface area contributed by atoms with Crippen LogP contribution in [0.2, 0.25) is 0 Å². The van der Waals surface area contributed by atoms with Gasteiger partial charge in [0.1, 0.15) is 5.75 Å². The first-order chi connectivity index (χ1) is 10.5. The molecule has 1 rings (SSSR count). The third kappa shape index (κ3) is 8.48. The van der Waals surface area contributed by atoms with Crippen LogP contribution in [0, 0.1) is 0 Å². The van der Waals surface area contributed by atoms with Crippen LogP contribution in [0.3, 0.4) is 0 Å². The summed E-state index contributed by atoms with van der Waals surface area (Å²) < 4.78 is 6.56. The number of hydrogen-bond acceptors (Lipinski definition) is 3. The zero-order chi connectivity index (χ0) is 16.4. The number of nitrogens with one attached hydrogen (secondary N) is 1. The maximum atomic E-state index is 5.59. The van der Waals surface area contributed by atoms with Crippen molar-refractivity contribution in [2.24, 2.45) is 21.5 Å². The Morgan fingerprint density at radius 3 is 2.55 bits per heavy atom. The zero-order valence-electron chi connectivity index (χ0n) is 12.8. The highest BCUT2D eigenvalue weighted by Gasteiger charge is 1.97. The topological polar surface area (TPSA) is 107 Å². The molecule has 8 heteroatoms. The minimum absolute atomic E-state index is 0.0632. The van der Waals surface area contributed by atoms with Crippen LogP contribution >= 0.6 is 15.9 Å². The predicted molar refractivity (Wildman–Crippen MR) is 91.7 cm³/mol. The van der Waals surface area contributed by atoms with Gasteiger partial charge in [-0.1, -0.05) is 15.9 Å². The van der Waals surface area contributed by atoms with Crippen molar-refractivity contribution in [3.63, 3.8) is 0 Å². The summed E-state index contributed by atoms with van der Waals surface area (Å²) in [6.07, 6.45) is 0.700. The van der Waals surface area contributed by atoms with Crippen molar-refractivity contribution in [1.82, 2.24) is 5.48 Å². The Morgan fingerprint density at radius 1 is 1.23 bits per heavy atom. The first kappa shape index (κ1) is 18.2. The number of nitrogens with zero attached hydrogens (tertiary/aromatic N) is 2. The quantitative estimate of drug-likeness (QED) is 0.293. The van der Waals surface area contributed by atoms with Crippen molar-refractivity contribution in [2.45, 2.75) is 26.3 Å². The summed E-state index contributed by atoms with van der Waals surface area (Å²) >= 11 is 3.37. The Bertz CT molecular complexity index is 502. The third-order valence-electron chi connectivity index (χ3n) is 2.28. The molecule has 0 amide bonds. The molecule has 0 atom stereocenters. The lowest BCUT2D eigenvalue weighted by Crippen LogP contribution is -2.34.